The Labute approximate surface area is 168 Å². The van der Waals surface area contributed by atoms with Crippen molar-refractivity contribution < 1.29 is 14.4 Å². The van der Waals surface area contributed by atoms with Gasteiger partial charge in [-0.3, -0.25) is 19.3 Å². The standard InChI is InChI=1S/C22H22N2O3S/c1-16-7-5-6-10-18(16)19(25)13-22-24(21(27)15-28-22)14-20(26)23-12-11-17-8-3-2-4-9-17/h2-10,13H,11-12,14-15H2,1H3,(H,23,26)/b22-13-. The van der Waals surface area contributed by atoms with E-state index in [0.29, 0.717) is 17.1 Å². The van der Waals surface area contributed by atoms with Gasteiger partial charge >= 0.3 is 0 Å². The van der Waals surface area contributed by atoms with Gasteiger partial charge in [0.2, 0.25) is 11.8 Å². The summed E-state index contributed by atoms with van der Waals surface area (Å²) in [6.45, 7) is 2.29. The van der Waals surface area contributed by atoms with E-state index in [1.165, 1.54) is 22.7 Å². The zero-order valence-corrected chi connectivity index (χ0v) is 16.5. The van der Waals surface area contributed by atoms with Crippen molar-refractivity contribution in [3.63, 3.8) is 0 Å². The average Bonchev–Trinajstić information content (AvgIpc) is 3.02. The first-order chi connectivity index (χ1) is 13.5. The second-order valence-corrected chi connectivity index (χ2v) is 7.51. The molecule has 2 aromatic rings. The first kappa shape index (κ1) is 19.9. The van der Waals surface area contributed by atoms with Crippen LogP contribution in [0.15, 0.2) is 65.7 Å². The molecule has 0 aliphatic carbocycles. The predicted molar refractivity (Wildman–Crippen MR) is 111 cm³/mol. The predicted octanol–water partition coefficient (Wildman–Crippen LogP) is 2.95. The summed E-state index contributed by atoms with van der Waals surface area (Å²) in [5, 5.41) is 3.36. The van der Waals surface area contributed by atoms with E-state index in [1.54, 1.807) is 6.07 Å². The van der Waals surface area contributed by atoms with E-state index >= 15 is 0 Å². The van der Waals surface area contributed by atoms with Crippen LogP contribution in [0.3, 0.4) is 0 Å². The maximum Gasteiger partial charge on any atom is 0.240 e. The van der Waals surface area contributed by atoms with Crippen molar-refractivity contribution in [2.24, 2.45) is 0 Å². The second-order valence-electron chi connectivity index (χ2n) is 6.52. The van der Waals surface area contributed by atoms with E-state index in [-0.39, 0.29) is 29.9 Å². The maximum atomic E-state index is 12.6. The molecule has 1 saturated heterocycles. The fourth-order valence-electron chi connectivity index (χ4n) is 2.93. The number of ketones is 1. The van der Waals surface area contributed by atoms with Crippen molar-refractivity contribution in [3.8, 4) is 0 Å². The molecule has 1 heterocycles. The van der Waals surface area contributed by atoms with Gasteiger partial charge in [-0.05, 0) is 24.5 Å². The summed E-state index contributed by atoms with van der Waals surface area (Å²) in [6, 6.07) is 17.2. The van der Waals surface area contributed by atoms with Crippen LogP contribution in [-0.2, 0) is 16.0 Å². The molecule has 1 N–H and O–H groups in total. The summed E-state index contributed by atoms with van der Waals surface area (Å²) >= 11 is 1.29. The number of nitrogens with one attached hydrogen (secondary N) is 1. The summed E-state index contributed by atoms with van der Waals surface area (Å²) in [6.07, 6.45) is 2.18. The molecule has 0 unspecified atom stereocenters. The number of allylic oxidation sites excluding steroid dienone is 1. The molecule has 5 nitrogen and oxygen atoms in total. The summed E-state index contributed by atoms with van der Waals surface area (Å²) in [5.74, 6) is -0.317. The smallest absolute Gasteiger partial charge is 0.240 e. The van der Waals surface area contributed by atoms with E-state index in [4.69, 9.17) is 0 Å². The van der Waals surface area contributed by atoms with Crippen LogP contribution >= 0.6 is 11.8 Å². The third kappa shape index (κ3) is 5.10. The molecule has 0 aromatic heterocycles. The Balaban J connectivity index is 1.59. The van der Waals surface area contributed by atoms with Gasteiger partial charge in [-0.2, -0.15) is 0 Å². The first-order valence-corrected chi connectivity index (χ1v) is 10.1. The Kier molecular flexibility index (Phi) is 6.66. The quantitative estimate of drug-likeness (QED) is 0.579. The van der Waals surface area contributed by atoms with Crippen LogP contribution in [0.2, 0.25) is 0 Å². The molecular weight excluding hydrogens is 372 g/mol. The lowest BCUT2D eigenvalue weighted by Gasteiger charge is -2.16. The van der Waals surface area contributed by atoms with Gasteiger partial charge in [0.15, 0.2) is 5.78 Å². The lowest BCUT2D eigenvalue weighted by molar-refractivity contribution is -0.131. The van der Waals surface area contributed by atoms with Crippen molar-refractivity contribution in [1.29, 1.82) is 0 Å². The minimum absolute atomic E-state index is 0.0759. The zero-order valence-electron chi connectivity index (χ0n) is 15.7. The number of hydrogen-bond acceptors (Lipinski definition) is 4. The van der Waals surface area contributed by atoms with Gasteiger partial charge in [0.05, 0.1) is 10.8 Å². The van der Waals surface area contributed by atoms with E-state index in [9.17, 15) is 14.4 Å². The van der Waals surface area contributed by atoms with Gasteiger partial charge in [-0.1, -0.05) is 66.4 Å². The third-order valence-corrected chi connectivity index (χ3v) is 5.48. The summed E-state index contributed by atoms with van der Waals surface area (Å²) in [4.78, 5) is 38.4. The van der Waals surface area contributed by atoms with Crippen molar-refractivity contribution in [1.82, 2.24) is 10.2 Å². The minimum atomic E-state index is -0.235. The molecule has 6 heteroatoms. The van der Waals surface area contributed by atoms with Gasteiger partial charge in [0.25, 0.3) is 0 Å². The largest absolute Gasteiger partial charge is 0.354 e. The number of benzene rings is 2. The van der Waals surface area contributed by atoms with Crippen molar-refractivity contribution in [3.05, 3.63) is 82.4 Å². The highest BCUT2D eigenvalue weighted by Crippen LogP contribution is 2.29. The molecule has 0 bridgehead atoms. The molecule has 2 amide bonds. The Morgan fingerprint density at radius 3 is 2.57 bits per heavy atom. The van der Waals surface area contributed by atoms with Crippen LogP contribution in [0.5, 0.6) is 0 Å². The molecule has 144 valence electrons. The lowest BCUT2D eigenvalue weighted by atomic mass is 10.1. The van der Waals surface area contributed by atoms with Crippen LogP contribution in [0.1, 0.15) is 21.5 Å². The van der Waals surface area contributed by atoms with E-state index < -0.39 is 0 Å². The first-order valence-electron chi connectivity index (χ1n) is 9.10. The Bertz CT molecular complexity index is 909. The van der Waals surface area contributed by atoms with Gasteiger partial charge in [0.1, 0.15) is 6.54 Å². The molecule has 1 aliphatic heterocycles. The molecular formula is C22H22N2O3S. The van der Waals surface area contributed by atoms with E-state index in [1.807, 2.05) is 55.5 Å². The van der Waals surface area contributed by atoms with Crippen molar-refractivity contribution in [2.45, 2.75) is 13.3 Å². The Hall–Kier alpha value is -2.86. The SMILES string of the molecule is Cc1ccccc1C(=O)/C=C1\SCC(=O)N1CC(=O)NCCc1ccccc1. The fourth-order valence-corrected chi connectivity index (χ4v) is 3.87. The molecule has 0 spiro atoms. The third-order valence-electron chi connectivity index (χ3n) is 4.46. The van der Waals surface area contributed by atoms with Gasteiger partial charge in [-0.25, -0.2) is 0 Å². The van der Waals surface area contributed by atoms with E-state index in [0.717, 1.165) is 17.5 Å². The zero-order chi connectivity index (χ0) is 19.9. The van der Waals surface area contributed by atoms with Crippen molar-refractivity contribution in [2.75, 3.05) is 18.8 Å². The molecule has 0 radical (unpaired) electrons. The summed E-state index contributed by atoms with van der Waals surface area (Å²) < 4.78 is 0. The number of amides is 2. The lowest BCUT2D eigenvalue weighted by Crippen LogP contribution is -2.38. The average molecular weight is 394 g/mol. The maximum absolute atomic E-state index is 12.6. The molecule has 3 rings (SSSR count). The molecule has 0 atom stereocenters. The van der Waals surface area contributed by atoms with Gasteiger partial charge < -0.3 is 5.32 Å². The number of thioether (sulfide) groups is 1. The Morgan fingerprint density at radius 2 is 1.82 bits per heavy atom. The summed E-state index contributed by atoms with van der Waals surface area (Å²) in [5.41, 5.74) is 2.62. The van der Waals surface area contributed by atoms with E-state index in [2.05, 4.69) is 5.32 Å². The highest BCUT2D eigenvalue weighted by atomic mass is 32.2. The minimum Gasteiger partial charge on any atom is -0.354 e. The molecule has 1 fully saturated rings. The van der Waals surface area contributed by atoms with Crippen LogP contribution < -0.4 is 5.32 Å². The molecule has 0 saturated carbocycles. The highest BCUT2D eigenvalue weighted by molar-refractivity contribution is 8.04. The highest BCUT2D eigenvalue weighted by Gasteiger charge is 2.29. The topological polar surface area (TPSA) is 66.5 Å². The molecule has 2 aromatic carbocycles. The number of carbonyl (C=O) groups is 3. The Morgan fingerprint density at radius 1 is 1.11 bits per heavy atom. The van der Waals surface area contributed by atoms with Crippen LogP contribution in [-0.4, -0.2) is 41.3 Å². The van der Waals surface area contributed by atoms with Crippen LogP contribution in [0.25, 0.3) is 0 Å². The number of aryl methyl sites for hydroxylation is 1. The number of carbonyl (C=O) groups excluding carboxylic acids is 3. The molecule has 1 aliphatic rings. The molecule has 28 heavy (non-hydrogen) atoms. The van der Waals surface area contributed by atoms with Crippen LogP contribution in [0, 0.1) is 6.92 Å². The summed E-state index contributed by atoms with van der Waals surface area (Å²) in [7, 11) is 0. The number of rotatable bonds is 7. The van der Waals surface area contributed by atoms with Crippen LogP contribution in [0.4, 0.5) is 0 Å². The second kappa shape index (κ2) is 9.37. The van der Waals surface area contributed by atoms with Gasteiger partial charge in [-0.15, -0.1) is 0 Å². The van der Waals surface area contributed by atoms with Gasteiger partial charge in [0, 0.05) is 18.2 Å². The normalized spacial score (nSPS) is 15.1. The number of hydrogen-bond donors (Lipinski definition) is 1. The fraction of sp³-hybridized carbons (Fsp3) is 0.227. The monoisotopic (exact) mass is 394 g/mol. The van der Waals surface area contributed by atoms with Crippen molar-refractivity contribution >= 4 is 29.4 Å². The number of nitrogens with zero attached hydrogens (tertiary/aromatic N) is 1.